The fraction of sp³-hybridized carbons (Fsp3) is 0.632. The second-order valence-electron chi connectivity index (χ2n) is 7.12. The van der Waals surface area contributed by atoms with Crippen LogP contribution in [0.3, 0.4) is 0 Å². The summed E-state index contributed by atoms with van der Waals surface area (Å²) in [5, 5.41) is 6.79. The van der Waals surface area contributed by atoms with E-state index in [1.165, 1.54) is 12.1 Å². The molecule has 0 radical (unpaired) electrons. The molecule has 26 heavy (non-hydrogen) atoms. The van der Waals surface area contributed by atoms with Gasteiger partial charge >= 0.3 is 0 Å². The molecule has 2 N–H and O–H groups in total. The molecule has 0 unspecified atom stereocenters. The molecule has 0 saturated carbocycles. The highest BCUT2D eigenvalue weighted by Gasteiger charge is 2.18. The lowest BCUT2D eigenvalue weighted by molar-refractivity contribution is 0.261. The molecule has 1 aliphatic rings. The van der Waals surface area contributed by atoms with Crippen molar-refractivity contribution in [3.8, 4) is 0 Å². The zero-order valence-corrected chi connectivity index (χ0v) is 17.2. The largest absolute Gasteiger partial charge is 0.369 e. The van der Waals surface area contributed by atoms with Crippen LogP contribution in [0.4, 0.5) is 10.1 Å². The number of hydrogen-bond acceptors (Lipinski definition) is 4. The predicted octanol–water partition coefficient (Wildman–Crippen LogP) is 2.25. The Morgan fingerprint density at radius 2 is 1.81 bits per heavy atom. The van der Waals surface area contributed by atoms with E-state index in [2.05, 4.69) is 45.5 Å². The molecule has 1 aliphatic heterocycles. The highest BCUT2D eigenvalue weighted by atomic mass is 32.2. The van der Waals surface area contributed by atoms with Gasteiger partial charge in [-0.15, -0.1) is 0 Å². The summed E-state index contributed by atoms with van der Waals surface area (Å²) in [7, 11) is 1.81. The first-order chi connectivity index (χ1) is 12.4. The Kier molecular flexibility index (Phi) is 8.03. The maximum Gasteiger partial charge on any atom is 0.191 e. The Balaban J connectivity index is 1.67. The summed E-state index contributed by atoms with van der Waals surface area (Å²) < 4.78 is 13.2. The van der Waals surface area contributed by atoms with Crippen molar-refractivity contribution in [1.82, 2.24) is 15.5 Å². The van der Waals surface area contributed by atoms with Crippen LogP contribution in [0.2, 0.25) is 0 Å². The van der Waals surface area contributed by atoms with Crippen LogP contribution >= 0.6 is 11.8 Å². The number of benzene rings is 1. The van der Waals surface area contributed by atoms with Crippen molar-refractivity contribution in [1.29, 1.82) is 0 Å². The van der Waals surface area contributed by atoms with E-state index in [4.69, 9.17) is 0 Å². The zero-order valence-electron chi connectivity index (χ0n) is 16.4. The van der Waals surface area contributed by atoms with E-state index in [0.717, 1.165) is 57.5 Å². The number of nitrogens with zero attached hydrogens (tertiary/aromatic N) is 3. The Morgan fingerprint density at radius 1 is 1.15 bits per heavy atom. The number of aliphatic imine (C=N–C) groups is 1. The van der Waals surface area contributed by atoms with Gasteiger partial charge in [0.15, 0.2) is 5.96 Å². The van der Waals surface area contributed by atoms with Crippen molar-refractivity contribution >= 4 is 23.4 Å². The van der Waals surface area contributed by atoms with Crippen molar-refractivity contribution in [3.63, 3.8) is 0 Å². The molecular formula is C19H32FN5S. The summed E-state index contributed by atoms with van der Waals surface area (Å²) in [6.07, 6.45) is 2.13. The minimum atomic E-state index is -0.179. The number of piperazine rings is 1. The Morgan fingerprint density at radius 3 is 2.38 bits per heavy atom. The lowest BCUT2D eigenvalue weighted by Crippen LogP contribution is -2.50. The van der Waals surface area contributed by atoms with Gasteiger partial charge in [-0.2, -0.15) is 11.8 Å². The molecule has 0 amide bonds. The average Bonchev–Trinajstić information content (AvgIpc) is 2.66. The highest BCUT2D eigenvalue weighted by molar-refractivity contribution is 7.99. The molecule has 1 heterocycles. The minimum absolute atomic E-state index is 0.179. The molecule has 7 heteroatoms. The van der Waals surface area contributed by atoms with Crippen molar-refractivity contribution in [2.24, 2.45) is 4.99 Å². The van der Waals surface area contributed by atoms with Gasteiger partial charge in [0.1, 0.15) is 5.82 Å². The van der Waals surface area contributed by atoms with Gasteiger partial charge < -0.3 is 15.5 Å². The third kappa shape index (κ3) is 6.68. The molecule has 5 nitrogen and oxygen atoms in total. The van der Waals surface area contributed by atoms with Gasteiger partial charge in [0.25, 0.3) is 0 Å². The average molecular weight is 382 g/mol. The summed E-state index contributed by atoms with van der Waals surface area (Å²) in [6.45, 7) is 11.2. The number of guanidine groups is 1. The SMILES string of the molecule is CN=C(NCCN1CCN(c2ccc(F)cc2)CC1)NCC(C)(C)SC. The molecular weight excluding hydrogens is 349 g/mol. The van der Waals surface area contributed by atoms with Gasteiger partial charge in [0.2, 0.25) is 0 Å². The first-order valence-corrected chi connectivity index (χ1v) is 10.4. The summed E-state index contributed by atoms with van der Waals surface area (Å²) in [6, 6.07) is 6.78. The number of hydrogen-bond donors (Lipinski definition) is 2. The lowest BCUT2D eigenvalue weighted by Gasteiger charge is -2.36. The first kappa shape index (κ1) is 20.8. The predicted molar refractivity (Wildman–Crippen MR) is 112 cm³/mol. The second-order valence-corrected chi connectivity index (χ2v) is 8.63. The van der Waals surface area contributed by atoms with Gasteiger partial charge in [-0.1, -0.05) is 0 Å². The van der Waals surface area contributed by atoms with Crippen LogP contribution in [0.25, 0.3) is 0 Å². The number of rotatable bonds is 7. The van der Waals surface area contributed by atoms with Gasteiger partial charge in [-0.05, 0) is 44.4 Å². The molecule has 2 rings (SSSR count). The molecule has 1 aromatic rings. The highest BCUT2D eigenvalue weighted by Crippen LogP contribution is 2.19. The second kappa shape index (κ2) is 10.0. The van der Waals surface area contributed by atoms with E-state index in [9.17, 15) is 4.39 Å². The van der Waals surface area contributed by atoms with E-state index < -0.39 is 0 Å². The van der Waals surface area contributed by atoms with Crippen LogP contribution in [-0.4, -0.2) is 74.7 Å². The molecule has 1 aromatic carbocycles. The molecule has 0 aromatic heterocycles. The van der Waals surface area contributed by atoms with Crippen LogP contribution < -0.4 is 15.5 Å². The topological polar surface area (TPSA) is 42.9 Å². The van der Waals surface area contributed by atoms with Crippen LogP contribution in [0.1, 0.15) is 13.8 Å². The maximum atomic E-state index is 13.0. The monoisotopic (exact) mass is 381 g/mol. The number of anilines is 1. The van der Waals surface area contributed by atoms with E-state index in [1.54, 1.807) is 0 Å². The molecule has 0 atom stereocenters. The molecule has 1 saturated heterocycles. The zero-order chi connectivity index (χ0) is 19.0. The maximum absolute atomic E-state index is 13.0. The Hall–Kier alpha value is -1.47. The van der Waals surface area contributed by atoms with Gasteiger partial charge in [-0.25, -0.2) is 4.39 Å². The van der Waals surface area contributed by atoms with Crippen molar-refractivity contribution < 1.29 is 4.39 Å². The van der Waals surface area contributed by atoms with E-state index in [1.807, 2.05) is 30.9 Å². The number of thioether (sulfide) groups is 1. The van der Waals surface area contributed by atoms with Gasteiger partial charge in [0.05, 0.1) is 0 Å². The summed E-state index contributed by atoms with van der Waals surface area (Å²) in [5.74, 6) is 0.679. The normalized spacial score (nSPS) is 16.7. The Labute approximate surface area is 161 Å². The molecule has 0 spiro atoms. The summed E-state index contributed by atoms with van der Waals surface area (Å²) >= 11 is 1.85. The van der Waals surface area contributed by atoms with Crippen molar-refractivity contribution in [2.75, 3.05) is 64.0 Å². The van der Waals surface area contributed by atoms with Crippen LogP contribution in [0.15, 0.2) is 29.3 Å². The third-order valence-electron chi connectivity index (χ3n) is 4.74. The summed E-state index contributed by atoms with van der Waals surface area (Å²) in [4.78, 5) is 9.06. The standard InChI is InChI=1S/C19H32FN5S/c1-19(2,26-4)15-23-18(21-3)22-9-10-24-11-13-25(14-12-24)17-7-5-16(20)6-8-17/h5-8H,9-15H2,1-4H3,(H2,21,22,23). The minimum Gasteiger partial charge on any atom is -0.369 e. The summed E-state index contributed by atoms with van der Waals surface area (Å²) in [5.41, 5.74) is 1.10. The first-order valence-electron chi connectivity index (χ1n) is 9.16. The van der Waals surface area contributed by atoms with E-state index in [0.29, 0.717) is 0 Å². The van der Waals surface area contributed by atoms with E-state index in [-0.39, 0.29) is 10.6 Å². The quantitative estimate of drug-likeness (QED) is 0.560. The van der Waals surface area contributed by atoms with Gasteiger partial charge in [0, 0.05) is 63.3 Å². The van der Waals surface area contributed by atoms with E-state index >= 15 is 0 Å². The van der Waals surface area contributed by atoms with Crippen molar-refractivity contribution in [2.45, 2.75) is 18.6 Å². The van der Waals surface area contributed by atoms with Crippen LogP contribution in [-0.2, 0) is 0 Å². The smallest absolute Gasteiger partial charge is 0.191 e. The number of nitrogens with one attached hydrogen (secondary N) is 2. The van der Waals surface area contributed by atoms with Crippen LogP contribution in [0.5, 0.6) is 0 Å². The fourth-order valence-corrected chi connectivity index (χ4v) is 3.02. The fourth-order valence-electron chi connectivity index (χ4n) is 2.80. The number of halogens is 1. The van der Waals surface area contributed by atoms with Crippen molar-refractivity contribution in [3.05, 3.63) is 30.1 Å². The lowest BCUT2D eigenvalue weighted by atomic mass is 10.2. The molecule has 146 valence electrons. The molecule has 0 bridgehead atoms. The molecule has 1 fully saturated rings. The molecule has 0 aliphatic carbocycles. The van der Waals surface area contributed by atoms with Crippen LogP contribution in [0, 0.1) is 5.82 Å². The van der Waals surface area contributed by atoms with Gasteiger partial charge in [-0.3, -0.25) is 9.89 Å². The third-order valence-corrected chi connectivity index (χ3v) is 5.99. The Bertz CT molecular complexity index is 568.